The van der Waals surface area contributed by atoms with Crippen molar-refractivity contribution in [1.82, 2.24) is 9.29 Å². The van der Waals surface area contributed by atoms with E-state index in [0.717, 1.165) is 12.0 Å². The van der Waals surface area contributed by atoms with Crippen LogP contribution in [0.2, 0.25) is 0 Å². The standard InChI is InChI=1S/C25H26N2O7S/c28-25(33-17-24-26-16-23(34-24)18-5-2-1-3-6-18)19-9-11-27(12-10-19)35(29,30)20-7-8-21-22(15-20)32-14-4-13-31-21/h1-3,5-8,15-16,19H,4,9-14,17H2. The third-order valence-corrected chi connectivity index (χ3v) is 7.99. The summed E-state index contributed by atoms with van der Waals surface area (Å²) in [5.74, 6) is 1.14. The number of piperidine rings is 1. The number of benzene rings is 2. The Morgan fingerprint density at radius 3 is 2.54 bits per heavy atom. The van der Waals surface area contributed by atoms with Crippen molar-refractivity contribution < 1.29 is 31.8 Å². The van der Waals surface area contributed by atoms with Crippen LogP contribution >= 0.6 is 0 Å². The molecule has 0 N–H and O–H groups in total. The lowest BCUT2D eigenvalue weighted by Gasteiger charge is -2.30. The van der Waals surface area contributed by atoms with E-state index in [1.165, 1.54) is 16.4 Å². The lowest BCUT2D eigenvalue weighted by molar-refractivity contribution is -0.151. The monoisotopic (exact) mass is 498 g/mol. The van der Waals surface area contributed by atoms with Crippen LogP contribution < -0.4 is 9.47 Å². The highest BCUT2D eigenvalue weighted by Crippen LogP contribution is 2.34. The van der Waals surface area contributed by atoms with Gasteiger partial charge in [0.05, 0.1) is 30.2 Å². The van der Waals surface area contributed by atoms with Crippen molar-refractivity contribution in [3.63, 3.8) is 0 Å². The molecule has 5 rings (SSSR count). The molecule has 2 aliphatic rings. The van der Waals surface area contributed by atoms with Crippen LogP contribution in [0.15, 0.2) is 64.0 Å². The van der Waals surface area contributed by atoms with E-state index in [-0.39, 0.29) is 36.5 Å². The third kappa shape index (κ3) is 5.18. The maximum Gasteiger partial charge on any atom is 0.309 e. The SMILES string of the molecule is O=C(OCc1ncc(-c2ccccc2)o1)C1CCN(S(=O)(=O)c2ccc3c(c2)OCCCO3)CC1. The smallest absolute Gasteiger partial charge is 0.309 e. The van der Waals surface area contributed by atoms with E-state index in [1.807, 2.05) is 30.3 Å². The predicted molar refractivity (Wildman–Crippen MR) is 125 cm³/mol. The number of fused-ring (bicyclic) bond motifs is 1. The van der Waals surface area contributed by atoms with Gasteiger partial charge in [0.15, 0.2) is 23.9 Å². The molecule has 0 spiro atoms. The number of hydrogen-bond acceptors (Lipinski definition) is 8. The van der Waals surface area contributed by atoms with Crippen molar-refractivity contribution in [3.8, 4) is 22.8 Å². The lowest BCUT2D eigenvalue weighted by atomic mass is 9.98. The van der Waals surface area contributed by atoms with Crippen molar-refractivity contribution in [2.75, 3.05) is 26.3 Å². The van der Waals surface area contributed by atoms with Crippen molar-refractivity contribution >= 4 is 16.0 Å². The number of hydrogen-bond donors (Lipinski definition) is 0. The van der Waals surface area contributed by atoms with Gasteiger partial charge >= 0.3 is 5.97 Å². The van der Waals surface area contributed by atoms with Gasteiger partial charge in [-0.2, -0.15) is 4.31 Å². The highest BCUT2D eigenvalue weighted by molar-refractivity contribution is 7.89. The van der Waals surface area contributed by atoms with Crippen LogP contribution in [0.3, 0.4) is 0 Å². The van der Waals surface area contributed by atoms with E-state index in [1.54, 1.807) is 12.3 Å². The first-order chi connectivity index (χ1) is 17.0. The average Bonchev–Trinajstić information content (AvgIpc) is 3.25. The van der Waals surface area contributed by atoms with Crippen LogP contribution in [0.25, 0.3) is 11.3 Å². The topological polar surface area (TPSA) is 108 Å². The second-order valence-electron chi connectivity index (χ2n) is 8.43. The molecule has 3 aromatic rings. The largest absolute Gasteiger partial charge is 0.490 e. The summed E-state index contributed by atoms with van der Waals surface area (Å²) >= 11 is 0. The normalized spacial score (nSPS) is 17.0. The fourth-order valence-electron chi connectivity index (χ4n) is 4.15. The van der Waals surface area contributed by atoms with Gasteiger partial charge in [0.1, 0.15) is 0 Å². The van der Waals surface area contributed by atoms with Crippen LogP contribution in [0.5, 0.6) is 11.5 Å². The summed E-state index contributed by atoms with van der Waals surface area (Å²) in [6.07, 6.45) is 3.10. The molecule has 1 aromatic heterocycles. The minimum atomic E-state index is -3.71. The van der Waals surface area contributed by atoms with E-state index in [4.69, 9.17) is 18.6 Å². The van der Waals surface area contributed by atoms with Gasteiger partial charge in [0, 0.05) is 31.1 Å². The maximum atomic E-state index is 13.2. The Morgan fingerprint density at radius 1 is 1.03 bits per heavy atom. The molecule has 1 saturated heterocycles. The highest BCUT2D eigenvalue weighted by Gasteiger charge is 2.33. The zero-order valence-corrected chi connectivity index (χ0v) is 19.9. The van der Waals surface area contributed by atoms with Crippen molar-refractivity contribution in [3.05, 3.63) is 60.6 Å². The zero-order valence-electron chi connectivity index (χ0n) is 19.1. The first-order valence-electron chi connectivity index (χ1n) is 11.6. The van der Waals surface area contributed by atoms with Crippen molar-refractivity contribution in [2.45, 2.75) is 30.8 Å². The van der Waals surface area contributed by atoms with Crippen LogP contribution in [0, 0.1) is 5.92 Å². The second-order valence-corrected chi connectivity index (χ2v) is 10.4. The van der Waals surface area contributed by atoms with Gasteiger partial charge in [-0.25, -0.2) is 13.4 Å². The molecule has 0 atom stereocenters. The Balaban J connectivity index is 1.15. The van der Waals surface area contributed by atoms with Gasteiger partial charge in [0.2, 0.25) is 15.9 Å². The van der Waals surface area contributed by atoms with E-state index in [9.17, 15) is 13.2 Å². The summed E-state index contributed by atoms with van der Waals surface area (Å²) in [4.78, 5) is 16.9. The number of esters is 1. The van der Waals surface area contributed by atoms with Gasteiger partial charge in [-0.1, -0.05) is 30.3 Å². The molecule has 1 fully saturated rings. The summed E-state index contributed by atoms with van der Waals surface area (Å²) in [6, 6.07) is 14.2. The fraction of sp³-hybridized carbons (Fsp3) is 0.360. The number of carbonyl (C=O) groups excluding carboxylic acids is 1. The molecule has 0 saturated carbocycles. The summed E-state index contributed by atoms with van der Waals surface area (Å²) < 4.78 is 50.0. The maximum absolute atomic E-state index is 13.2. The summed E-state index contributed by atoms with van der Waals surface area (Å²) in [7, 11) is -3.71. The van der Waals surface area contributed by atoms with Crippen LogP contribution in [-0.4, -0.2) is 50.0 Å². The quantitative estimate of drug-likeness (QED) is 0.474. The van der Waals surface area contributed by atoms with Gasteiger partial charge < -0.3 is 18.6 Å². The van der Waals surface area contributed by atoms with Crippen LogP contribution in [0.1, 0.15) is 25.2 Å². The number of carbonyl (C=O) groups is 1. The molecule has 0 unspecified atom stereocenters. The Bertz CT molecular complexity index is 1280. The van der Waals surface area contributed by atoms with Crippen molar-refractivity contribution in [1.29, 1.82) is 0 Å². The molecule has 184 valence electrons. The van der Waals surface area contributed by atoms with Crippen LogP contribution in [0.4, 0.5) is 0 Å². The number of oxazole rings is 1. The summed E-state index contributed by atoms with van der Waals surface area (Å²) in [5.41, 5.74) is 0.889. The first-order valence-corrected chi connectivity index (χ1v) is 13.0. The third-order valence-electron chi connectivity index (χ3n) is 6.09. The zero-order chi connectivity index (χ0) is 24.3. The number of aromatic nitrogens is 1. The number of rotatable bonds is 6. The predicted octanol–water partition coefficient (Wildman–Crippen LogP) is 3.65. The number of sulfonamides is 1. The lowest BCUT2D eigenvalue weighted by Crippen LogP contribution is -2.40. The molecule has 9 nitrogen and oxygen atoms in total. The molecule has 3 heterocycles. The van der Waals surface area contributed by atoms with Gasteiger partial charge in [0.25, 0.3) is 0 Å². The number of nitrogens with zero attached hydrogens (tertiary/aromatic N) is 2. The Morgan fingerprint density at radius 2 is 1.77 bits per heavy atom. The Labute approximate surface area is 203 Å². The minimum Gasteiger partial charge on any atom is -0.490 e. The Hall–Kier alpha value is -3.37. The molecular weight excluding hydrogens is 472 g/mol. The minimum absolute atomic E-state index is 0.0681. The second kappa shape index (κ2) is 10.1. The Kier molecular flexibility index (Phi) is 6.74. The molecule has 2 aliphatic heterocycles. The van der Waals surface area contributed by atoms with Crippen LogP contribution in [-0.2, 0) is 26.2 Å². The van der Waals surface area contributed by atoms with E-state index in [0.29, 0.717) is 49.2 Å². The molecule has 0 aliphatic carbocycles. The molecule has 0 radical (unpaired) electrons. The molecule has 10 heteroatoms. The molecule has 2 aromatic carbocycles. The summed E-state index contributed by atoms with van der Waals surface area (Å²) in [6.45, 7) is 1.40. The van der Waals surface area contributed by atoms with Crippen molar-refractivity contribution in [2.24, 2.45) is 5.92 Å². The van der Waals surface area contributed by atoms with Gasteiger partial charge in [-0.05, 0) is 25.0 Å². The van der Waals surface area contributed by atoms with Gasteiger partial charge in [-0.15, -0.1) is 0 Å². The summed E-state index contributed by atoms with van der Waals surface area (Å²) in [5, 5.41) is 0. The van der Waals surface area contributed by atoms with E-state index in [2.05, 4.69) is 4.98 Å². The first kappa shape index (κ1) is 23.4. The van der Waals surface area contributed by atoms with Gasteiger partial charge in [-0.3, -0.25) is 4.79 Å². The van der Waals surface area contributed by atoms with E-state index < -0.39 is 10.0 Å². The highest BCUT2D eigenvalue weighted by atomic mass is 32.2. The van der Waals surface area contributed by atoms with E-state index >= 15 is 0 Å². The molecular formula is C25H26N2O7S. The molecule has 0 bridgehead atoms. The number of ether oxygens (including phenoxy) is 3. The average molecular weight is 499 g/mol. The molecule has 35 heavy (non-hydrogen) atoms. The fourth-order valence-corrected chi connectivity index (χ4v) is 5.63. The molecule has 0 amide bonds.